The number of carbonyl (C=O) groups is 3. The number of piperazine rings is 1. The molecule has 0 aromatic heterocycles. The Labute approximate surface area is 230 Å². The molecule has 3 saturated heterocycles. The van der Waals surface area contributed by atoms with Gasteiger partial charge in [0, 0.05) is 31.2 Å². The van der Waals surface area contributed by atoms with E-state index in [2.05, 4.69) is 5.32 Å². The average Bonchev–Trinajstić information content (AvgIpc) is 3.15. The predicted molar refractivity (Wildman–Crippen MR) is 143 cm³/mol. The third-order valence-corrected chi connectivity index (χ3v) is 9.37. The van der Waals surface area contributed by atoms with Gasteiger partial charge in [-0.15, -0.1) is 0 Å². The first-order valence-electron chi connectivity index (χ1n) is 13.6. The highest BCUT2D eigenvalue weighted by Crippen LogP contribution is 2.48. The molecular weight excluding hydrogens is 522 g/mol. The van der Waals surface area contributed by atoms with Crippen LogP contribution in [0.25, 0.3) is 0 Å². The van der Waals surface area contributed by atoms with E-state index in [9.17, 15) is 22.8 Å². The molecule has 214 valence electrons. The Balaban J connectivity index is 1.29. The van der Waals surface area contributed by atoms with Crippen molar-refractivity contribution in [3.05, 3.63) is 29.8 Å². The Kier molecular flexibility index (Phi) is 6.96. The molecule has 3 aliphatic heterocycles. The lowest BCUT2D eigenvalue weighted by Crippen LogP contribution is -2.59. The van der Waals surface area contributed by atoms with E-state index in [-0.39, 0.29) is 53.5 Å². The fourth-order valence-electron chi connectivity index (χ4n) is 6.63. The summed E-state index contributed by atoms with van der Waals surface area (Å²) < 4.78 is 28.7. The Morgan fingerprint density at radius 2 is 1.82 bits per heavy atom. The van der Waals surface area contributed by atoms with Crippen LogP contribution in [0.4, 0.5) is 4.79 Å². The fraction of sp³-hybridized carbons (Fsp3) is 0.667. The second-order valence-corrected chi connectivity index (χ2v) is 14.0. The van der Waals surface area contributed by atoms with Gasteiger partial charge in [-0.25, -0.2) is 18.4 Å². The van der Waals surface area contributed by atoms with Crippen molar-refractivity contribution in [3.63, 3.8) is 0 Å². The summed E-state index contributed by atoms with van der Waals surface area (Å²) in [7, 11) is -3.80. The summed E-state index contributed by atoms with van der Waals surface area (Å²) in [6.07, 6.45) is 1.98. The lowest BCUT2D eigenvalue weighted by Gasteiger charge is -2.39. The van der Waals surface area contributed by atoms with Gasteiger partial charge in [-0.1, -0.05) is 12.1 Å². The lowest BCUT2D eigenvalue weighted by molar-refractivity contribution is -0.141. The van der Waals surface area contributed by atoms with Crippen LogP contribution in [0.15, 0.2) is 29.2 Å². The molecule has 1 aromatic rings. The Hall–Kier alpha value is -2.70. The first-order chi connectivity index (χ1) is 18.1. The lowest BCUT2D eigenvalue weighted by atomic mass is 10.1. The van der Waals surface area contributed by atoms with Crippen LogP contribution in [0, 0.1) is 5.92 Å². The third-order valence-electron chi connectivity index (χ3n) is 8.44. The maximum Gasteiger partial charge on any atom is 0.408 e. The fourth-order valence-corrected chi connectivity index (χ4v) is 7.15. The number of likely N-dealkylation sites (tertiary alicyclic amines) is 3. The number of amides is 3. The Bertz CT molecular complexity index is 1260. The molecule has 0 radical (unpaired) electrons. The van der Waals surface area contributed by atoms with Crippen molar-refractivity contribution in [1.29, 1.82) is 0 Å². The van der Waals surface area contributed by atoms with Gasteiger partial charge in [0.1, 0.15) is 11.6 Å². The molecule has 4 aliphatic rings. The molecule has 11 nitrogen and oxygen atoms in total. The largest absolute Gasteiger partial charge is 0.444 e. The van der Waals surface area contributed by atoms with Crippen molar-refractivity contribution in [2.45, 2.75) is 101 Å². The van der Waals surface area contributed by atoms with Gasteiger partial charge < -0.3 is 19.9 Å². The molecule has 39 heavy (non-hydrogen) atoms. The molecule has 5 rings (SSSR count). The zero-order valence-electron chi connectivity index (χ0n) is 23.2. The number of nitrogens with zero attached hydrogens (tertiary/aromatic N) is 3. The van der Waals surface area contributed by atoms with E-state index in [1.165, 1.54) is 12.1 Å². The van der Waals surface area contributed by atoms with Gasteiger partial charge in [-0.3, -0.25) is 14.5 Å². The van der Waals surface area contributed by atoms with E-state index in [4.69, 9.17) is 9.88 Å². The van der Waals surface area contributed by atoms with Crippen molar-refractivity contribution in [3.8, 4) is 0 Å². The normalized spacial score (nSPS) is 29.8. The van der Waals surface area contributed by atoms with Gasteiger partial charge in [0.25, 0.3) is 0 Å². The minimum Gasteiger partial charge on any atom is -0.444 e. The molecule has 1 aliphatic carbocycles. The number of fused-ring (bicyclic) bond motifs is 3. The van der Waals surface area contributed by atoms with Gasteiger partial charge in [-0.2, -0.15) is 0 Å². The molecule has 4 fully saturated rings. The second-order valence-electron chi connectivity index (χ2n) is 12.5. The summed E-state index contributed by atoms with van der Waals surface area (Å²) in [6, 6.07) is 5.13. The maximum absolute atomic E-state index is 13.7. The van der Waals surface area contributed by atoms with Crippen LogP contribution in [0.1, 0.15) is 65.5 Å². The van der Waals surface area contributed by atoms with E-state index >= 15 is 0 Å². The van der Waals surface area contributed by atoms with Crippen molar-refractivity contribution < 1.29 is 27.5 Å². The summed E-state index contributed by atoms with van der Waals surface area (Å²) in [5.41, 5.74) is 0.114. The number of sulfonamides is 1. The first kappa shape index (κ1) is 27.9. The number of nitrogens with one attached hydrogen (secondary N) is 1. The van der Waals surface area contributed by atoms with Crippen molar-refractivity contribution >= 4 is 27.9 Å². The molecule has 3 amide bonds. The zero-order chi connectivity index (χ0) is 28.4. The monoisotopic (exact) mass is 561 g/mol. The highest BCUT2D eigenvalue weighted by Gasteiger charge is 2.55. The SMILES string of the molecule is CC1CC2CC2N1C(=O)C(CN1C[C@@H]2CC1C(=O)N2[C@@H](C)c1ccc(S(N)(=O)=O)cc1)NC(=O)OC(C)(C)C. The number of hydrogen-bond donors (Lipinski definition) is 2. The second kappa shape index (κ2) is 9.74. The molecule has 7 atom stereocenters. The van der Waals surface area contributed by atoms with E-state index < -0.39 is 27.8 Å². The zero-order valence-corrected chi connectivity index (χ0v) is 24.0. The van der Waals surface area contributed by atoms with Gasteiger partial charge in [-0.05, 0) is 77.5 Å². The molecule has 12 heteroatoms. The van der Waals surface area contributed by atoms with Crippen LogP contribution < -0.4 is 10.5 Å². The van der Waals surface area contributed by atoms with Gasteiger partial charge in [0.2, 0.25) is 21.8 Å². The summed E-state index contributed by atoms with van der Waals surface area (Å²) >= 11 is 0. The summed E-state index contributed by atoms with van der Waals surface area (Å²) in [4.78, 5) is 45.7. The number of benzene rings is 1. The topological polar surface area (TPSA) is 142 Å². The van der Waals surface area contributed by atoms with Crippen LogP contribution in [0.5, 0.6) is 0 Å². The molecular formula is C27H39N5O6S. The summed E-state index contributed by atoms with van der Waals surface area (Å²) in [5, 5.41) is 8.02. The number of nitrogens with two attached hydrogens (primary N) is 1. The number of piperidine rings is 1. The van der Waals surface area contributed by atoms with E-state index in [0.717, 1.165) is 18.4 Å². The number of ether oxygens (including phenoxy) is 1. The van der Waals surface area contributed by atoms with Crippen molar-refractivity contribution in [2.24, 2.45) is 11.1 Å². The summed E-state index contributed by atoms with van der Waals surface area (Å²) in [6.45, 7) is 10.1. The number of rotatable bonds is 7. The van der Waals surface area contributed by atoms with E-state index in [1.807, 2.05) is 28.5 Å². The maximum atomic E-state index is 13.7. The molecule has 2 bridgehead atoms. The highest BCUT2D eigenvalue weighted by molar-refractivity contribution is 7.89. The van der Waals surface area contributed by atoms with Crippen LogP contribution in [0.2, 0.25) is 0 Å². The Morgan fingerprint density at radius 1 is 1.15 bits per heavy atom. The predicted octanol–water partition coefficient (Wildman–Crippen LogP) is 1.58. The molecule has 5 unspecified atom stereocenters. The standard InChI is InChI=1S/C27H39N5O6S/c1-15-10-18-11-22(18)31(15)24(33)21(29-26(35)38-27(3,4)5)14-30-13-19-12-23(30)25(34)32(19)16(2)17-6-8-20(9-7-17)39(28,36)37/h6-9,15-16,18-19,21-23H,10-14H2,1-5H3,(H,29,35)(H2,28,36,37)/t15?,16-,18?,19-,21?,22?,23?/m0/s1. The minimum atomic E-state index is -3.80. The number of primary sulfonamides is 1. The molecule has 1 saturated carbocycles. The quantitative estimate of drug-likeness (QED) is 0.515. The third kappa shape index (κ3) is 5.51. The highest BCUT2D eigenvalue weighted by atomic mass is 32.2. The van der Waals surface area contributed by atoms with Gasteiger partial charge in [0.05, 0.1) is 17.0 Å². The van der Waals surface area contributed by atoms with Gasteiger partial charge >= 0.3 is 6.09 Å². The van der Waals surface area contributed by atoms with Crippen LogP contribution in [0.3, 0.4) is 0 Å². The van der Waals surface area contributed by atoms with Crippen LogP contribution in [-0.4, -0.2) is 89.9 Å². The smallest absolute Gasteiger partial charge is 0.408 e. The minimum absolute atomic E-state index is 0.0249. The van der Waals surface area contributed by atoms with Gasteiger partial charge in [0.15, 0.2) is 0 Å². The van der Waals surface area contributed by atoms with Crippen molar-refractivity contribution in [1.82, 2.24) is 20.0 Å². The van der Waals surface area contributed by atoms with Crippen LogP contribution >= 0.6 is 0 Å². The molecule has 1 aromatic carbocycles. The van der Waals surface area contributed by atoms with E-state index in [1.54, 1.807) is 32.9 Å². The molecule has 3 N–H and O–H groups in total. The first-order valence-corrected chi connectivity index (χ1v) is 15.2. The average molecular weight is 562 g/mol. The van der Waals surface area contributed by atoms with Crippen LogP contribution in [-0.2, 0) is 24.3 Å². The number of hydrogen-bond acceptors (Lipinski definition) is 7. The molecule has 3 heterocycles. The molecule has 0 spiro atoms. The number of alkyl carbamates (subject to hydrolysis) is 1. The summed E-state index contributed by atoms with van der Waals surface area (Å²) in [5.74, 6) is 0.396. The van der Waals surface area contributed by atoms with Crippen molar-refractivity contribution in [2.75, 3.05) is 13.1 Å². The van der Waals surface area contributed by atoms with E-state index in [0.29, 0.717) is 18.9 Å². The number of carbonyl (C=O) groups excluding carboxylic acids is 3. The Morgan fingerprint density at radius 3 is 2.36 bits per heavy atom.